The van der Waals surface area contributed by atoms with Crippen LogP contribution in [0.5, 0.6) is 5.75 Å². The van der Waals surface area contributed by atoms with Gasteiger partial charge in [-0.05, 0) is 44.7 Å². The number of hydrogen-bond acceptors (Lipinski definition) is 2. The molecular formula is C17H27NO2. The summed E-state index contributed by atoms with van der Waals surface area (Å²) in [5, 5.41) is 3.02. The van der Waals surface area contributed by atoms with Crippen LogP contribution in [0.1, 0.15) is 45.2 Å². The van der Waals surface area contributed by atoms with E-state index < -0.39 is 6.10 Å². The molecule has 1 aromatic rings. The van der Waals surface area contributed by atoms with Gasteiger partial charge in [0, 0.05) is 6.04 Å². The lowest BCUT2D eigenvalue weighted by molar-refractivity contribution is -0.129. The van der Waals surface area contributed by atoms with Gasteiger partial charge in [0.1, 0.15) is 5.75 Å². The van der Waals surface area contributed by atoms with E-state index in [1.165, 1.54) is 5.56 Å². The van der Waals surface area contributed by atoms with E-state index in [0.717, 1.165) is 11.3 Å². The molecule has 0 saturated heterocycles. The molecule has 1 amide bonds. The summed E-state index contributed by atoms with van der Waals surface area (Å²) in [6, 6.07) is 6.16. The fraction of sp³-hybridized carbons (Fsp3) is 0.588. The van der Waals surface area contributed by atoms with Crippen LogP contribution in [0.25, 0.3) is 0 Å². The largest absolute Gasteiger partial charge is 0.480 e. The van der Waals surface area contributed by atoms with Crippen LogP contribution in [-0.4, -0.2) is 18.1 Å². The van der Waals surface area contributed by atoms with Crippen LogP contribution < -0.4 is 10.1 Å². The SMILES string of the molecule is CC[C@@H](Oc1ccc(C)cc1C)C(=O)N[C@@H](C)C(C)C. The quantitative estimate of drug-likeness (QED) is 0.862. The van der Waals surface area contributed by atoms with Gasteiger partial charge in [-0.3, -0.25) is 4.79 Å². The van der Waals surface area contributed by atoms with Gasteiger partial charge in [0.15, 0.2) is 6.10 Å². The molecule has 0 radical (unpaired) electrons. The zero-order chi connectivity index (χ0) is 15.3. The molecule has 0 heterocycles. The van der Waals surface area contributed by atoms with Crippen LogP contribution in [-0.2, 0) is 4.79 Å². The predicted molar refractivity (Wildman–Crippen MR) is 83.1 cm³/mol. The van der Waals surface area contributed by atoms with E-state index in [1.807, 2.05) is 39.8 Å². The minimum Gasteiger partial charge on any atom is -0.480 e. The van der Waals surface area contributed by atoms with Crippen LogP contribution in [0.3, 0.4) is 0 Å². The fourth-order valence-corrected chi connectivity index (χ4v) is 1.89. The summed E-state index contributed by atoms with van der Waals surface area (Å²) in [7, 11) is 0. The first-order chi connectivity index (χ1) is 9.35. The van der Waals surface area contributed by atoms with Crippen molar-refractivity contribution in [3.8, 4) is 5.75 Å². The predicted octanol–water partition coefficient (Wildman–Crippen LogP) is 3.62. The molecule has 112 valence electrons. The number of benzene rings is 1. The molecule has 0 bridgehead atoms. The van der Waals surface area contributed by atoms with Crippen molar-refractivity contribution in [3.63, 3.8) is 0 Å². The number of ether oxygens (including phenoxy) is 1. The van der Waals surface area contributed by atoms with E-state index in [4.69, 9.17) is 4.74 Å². The number of carbonyl (C=O) groups excluding carboxylic acids is 1. The lowest BCUT2D eigenvalue weighted by Crippen LogP contribution is -2.44. The van der Waals surface area contributed by atoms with Crippen molar-refractivity contribution in [2.24, 2.45) is 5.92 Å². The van der Waals surface area contributed by atoms with E-state index in [9.17, 15) is 4.79 Å². The first-order valence-electron chi connectivity index (χ1n) is 7.39. The van der Waals surface area contributed by atoms with Gasteiger partial charge in [-0.2, -0.15) is 0 Å². The van der Waals surface area contributed by atoms with Crippen LogP contribution in [0.4, 0.5) is 0 Å². The van der Waals surface area contributed by atoms with Crippen LogP contribution in [0.15, 0.2) is 18.2 Å². The summed E-state index contributed by atoms with van der Waals surface area (Å²) in [4.78, 5) is 12.2. The van der Waals surface area contributed by atoms with Crippen molar-refractivity contribution >= 4 is 5.91 Å². The molecule has 0 aliphatic rings. The van der Waals surface area contributed by atoms with Gasteiger partial charge in [0.05, 0.1) is 0 Å². The second-order valence-electron chi connectivity index (χ2n) is 5.82. The second kappa shape index (κ2) is 7.32. The van der Waals surface area contributed by atoms with E-state index in [-0.39, 0.29) is 11.9 Å². The maximum atomic E-state index is 12.2. The number of nitrogens with one attached hydrogen (secondary N) is 1. The number of hydrogen-bond donors (Lipinski definition) is 1. The highest BCUT2D eigenvalue weighted by atomic mass is 16.5. The second-order valence-corrected chi connectivity index (χ2v) is 5.82. The Hall–Kier alpha value is -1.51. The van der Waals surface area contributed by atoms with Crippen LogP contribution in [0, 0.1) is 19.8 Å². The highest BCUT2D eigenvalue weighted by Gasteiger charge is 2.21. The first kappa shape index (κ1) is 16.5. The topological polar surface area (TPSA) is 38.3 Å². The van der Waals surface area contributed by atoms with Gasteiger partial charge >= 0.3 is 0 Å². The lowest BCUT2D eigenvalue weighted by atomic mass is 10.1. The minimum absolute atomic E-state index is 0.0336. The number of carbonyl (C=O) groups is 1. The third-order valence-electron chi connectivity index (χ3n) is 3.63. The molecule has 0 aliphatic heterocycles. The Bertz CT molecular complexity index is 454. The van der Waals surface area contributed by atoms with Gasteiger partial charge < -0.3 is 10.1 Å². The Balaban J connectivity index is 2.73. The zero-order valence-electron chi connectivity index (χ0n) is 13.5. The van der Waals surface area contributed by atoms with Crippen molar-refractivity contribution in [1.29, 1.82) is 0 Å². The molecule has 0 spiro atoms. The molecular weight excluding hydrogens is 250 g/mol. The first-order valence-corrected chi connectivity index (χ1v) is 7.39. The molecule has 1 rings (SSSR count). The van der Waals surface area contributed by atoms with E-state index >= 15 is 0 Å². The molecule has 0 saturated carbocycles. The maximum absolute atomic E-state index is 12.2. The summed E-state index contributed by atoms with van der Waals surface area (Å²) < 4.78 is 5.88. The number of aryl methyl sites for hydroxylation is 2. The van der Waals surface area contributed by atoms with Crippen LogP contribution >= 0.6 is 0 Å². The Morgan fingerprint density at radius 3 is 2.40 bits per heavy atom. The van der Waals surface area contributed by atoms with E-state index in [2.05, 4.69) is 25.2 Å². The number of rotatable bonds is 6. The van der Waals surface area contributed by atoms with Crippen molar-refractivity contribution in [1.82, 2.24) is 5.32 Å². The third-order valence-corrected chi connectivity index (χ3v) is 3.63. The molecule has 3 heteroatoms. The molecule has 3 nitrogen and oxygen atoms in total. The lowest BCUT2D eigenvalue weighted by Gasteiger charge is -2.23. The highest BCUT2D eigenvalue weighted by Crippen LogP contribution is 2.21. The molecule has 0 unspecified atom stereocenters. The van der Waals surface area contributed by atoms with E-state index in [1.54, 1.807) is 0 Å². The average Bonchev–Trinajstić information content (AvgIpc) is 2.37. The molecule has 0 aliphatic carbocycles. The van der Waals surface area contributed by atoms with Gasteiger partial charge in [0.25, 0.3) is 5.91 Å². The van der Waals surface area contributed by atoms with Crippen molar-refractivity contribution in [2.45, 2.75) is 60.1 Å². The maximum Gasteiger partial charge on any atom is 0.261 e. The van der Waals surface area contributed by atoms with Gasteiger partial charge in [0.2, 0.25) is 0 Å². The normalized spacial score (nSPS) is 13.9. The molecule has 1 N–H and O–H groups in total. The van der Waals surface area contributed by atoms with Gasteiger partial charge in [-0.1, -0.05) is 38.5 Å². The number of amides is 1. The summed E-state index contributed by atoms with van der Waals surface area (Å²) >= 11 is 0. The molecule has 0 aromatic heterocycles. The van der Waals surface area contributed by atoms with Crippen LogP contribution in [0.2, 0.25) is 0 Å². The standard InChI is InChI=1S/C17H27NO2/c1-7-15(17(19)18-14(6)11(2)3)20-16-9-8-12(4)10-13(16)5/h8-11,14-15H,7H2,1-6H3,(H,18,19)/t14-,15+/m0/s1. The minimum atomic E-state index is -0.433. The Morgan fingerprint density at radius 2 is 1.90 bits per heavy atom. The van der Waals surface area contributed by atoms with Crippen molar-refractivity contribution in [3.05, 3.63) is 29.3 Å². The Morgan fingerprint density at radius 1 is 1.25 bits per heavy atom. The molecule has 2 atom stereocenters. The zero-order valence-corrected chi connectivity index (χ0v) is 13.5. The summed E-state index contributed by atoms with van der Waals surface area (Å²) in [6.07, 6.45) is 0.224. The fourth-order valence-electron chi connectivity index (χ4n) is 1.89. The van der Waals surface area contributed by atoms with Crippen molar-refractivity contribution in [2.75, 3.05) is 0 Å². The van der Waals surface area contributed by atoms with Gasteiger partial charge in [-0.15, -0.1) is 0 Å². The van der Waals surface area contributed by atoms with E-state index in [0.29, 0.717) is 12.3 Å². The smallest absolute Gasteiger partial charge is 0.261 e. The highest BCUT2D eigenvalue weighted by molar-refractivity contribution is 5.81. The summed E-state index contributed by atoms with van der Waals surface area (Å²) in [5.41, 5.74) is 2.26. The molecule has 0 fully saturated rings. The van der Waals surface area contributed by atoms with Crippen molar-refractivity contribution < 1.29 is 9.53 Å². The summed E-state index contributed by atoms with van der Waals surface area (Å²) in [6.45, 7) is 12.2. The van der Waals surface area contributed by atoms with Gasteiger partial charge in [-0.25, -0.2) is 0 Å². The molecule has 20 heavy (non-hydrogen) atoms. The Labute approximate surface area is 122 Å². The molecule has 1 aromatic carbocycles. The third kappa shape index (κ3) is 4.55. The monoisotopic (exact) mass is 277 g/mol. The average molecular weight is 277 g/mol. The Kier molecular flexibility index (Phi) is 6.05. The summed E-state index contributed by atoms with van der Waals surface area (Å²) in [5.74, 6) is 1.17.